The van der Waals surface area contributed by atoms with Crippen LogP contribution in [0.1, 0.15) is 16.7 Å². The minimum absolute atomic E-state index is 0.329. The zero-order valence-electron chi connectivity index (χ0n) is 22.2. The van der Waals surface area contributed by atoms with Gasteiger partial charge in [0, 0.05) is 13.1 Å². The summed E-state index contributed by atoms with van der Waals surface area (Å²) in [4.78, 5) is 40.4. The highest BCUT2D eigenvalue weighted by Gasteiger charge is 2.32. The average molecular weight is 550 g/mol. The molecule has 0 aromatic heterocycles. The van der Waals surface area contributed by atoms with Gasteiger partial charge in [-0.2, -0.15) is 12.6 Å². The molecule has 8 nitrogen and oxygen atoms in total. The Bertz CT molecular complexity index is 1170. The number of methoxy groups -OCH3 is 2. The Kier molecular flexibility index (Phi) is 11.2. The first-order chi connectivity index (χ1) is 18.8. The summed E-state index contributed by atoms with van der Waals surface area (Å²) in [6.45, 7) is 0.657. The van der Waals surface area contributed by atoms with E-state index in [0.717, 1.165) is 28.2 Å². The van der Waals surface area contributed by atoms with Crippen molar-refractivity contribution in [1.29, 1.82) is 0 Å². The van der Waals surface area contributed by atoms with Crippen LogP contribution in [0, 0.1) is 0 Å². The van der Waals surface area contributed by atoms with Crippen molar-refractivity contribution in [3.63, 3.8) is 0 Å². The van der Waals surface area contributed by atoms with E-state index >= 15 is 0 Å². The normalized spacial score (nSPS) is 12.2. The van der Waals surface area contributed by atoms with E-state index in [2.05, 4.69) is 17.9 Å². The molecule has 9 heteroatoms. The highest BCUT2D eigenvalue weighted by atomic mass is 32.1. The monoisotopic (exact) mass is 549 g/mol. The topological polar surface area (TPSA) is 111 Å². The molecule has 0 fully saturated rings. The summed E-state index contributed by atoms with van der Waals surface area (Å²) in [5.41, 5.74) is 8.51. The summed E-state index contributed by atoms with van der Waals surface area (Å²) < 4.78 is 10.4. The highest BCUT2D eigenvalue weighted by Crippen LogP contribution is 2.15. The molecule has 0 saturated heterocycles. The van der Waals surface area contributed by atoms with Gasteiger partial charge in [-0.25, -0.2) is 0 Å². The van der Waals surface area contributed by atoms with E-state index in [0.29, 0.717) is 32.4 Å². The fourth-order valence-electron chi connectivity index (χ4n) is 4.05. The van der Waals surface area contributed by atoms with E-state index in [1.165, 1.54) is 0 Å². The fourth-order valence-corrected chi connectivity index (χ4v) is 4.34. The summed E-state index contributed by atoms with van der Waals surface area (Å²) in [6, 6.07) is 23.0. The van der Waals surface area contributed by atoms with Gasteiger partial charge in [0.15, 0.2) is 6.04 Å². The van der Waals surface area contributed by atoms with E-state index in [1.54, 1.807) is 19.1 Å². The lowest BCUT2D eigenvalue weighted by Crippen LogP contribution is -2.57. The van der Waals surface area contributed by atoms with Crippen molar-refractivity contribution in [3.8, 4) is 11.5 Å². The molecule has 3 amide bonds. The summed E-state index contributed by atoms with van der Waals surface area (Å²) in [7, 11) is 3.20. The van der Waals surface area contributed by atoms with E-state index in [-0.39, 0.29) is 0 Å². The summed E-state index contributed by atoms with van der Waals surface area (Å²) >= 11 is 4.40. The van der Waals surface area contributed by atoms with Gasteiger partial charge in [0.05, 0.1) is 19.5 Å². The Morgan fingerprint density at radius 3 is 1.72 bits per heavy atom. The van der Waals surface area contributed by atoms with Gasteiger partial charge >= 0.3 is 0 Å². The number of thiol groups is 1. The van der Waals surface area contributed by atoms with E-state index in [9.17, 15) is 14.4 Å². The van der Waals surface area contributed by atoms with Gasteiger partial charge in [-0.15, -0.1) is 0 Å². The van der Waals surface area contributed by atoms with Crippen LogP contribution in [0.15, 0.2) is 78.9 Å². The maximum absolute atomic E-state index is 13.6. The number of nitrogens with two attached hydrogens (primary N) is 1. The SMILES string of the molecule is COc1ccc(CCN(CCc2ccc(OC)cc2)C(=O)C(NC(=O)[C@@H](S)Cc2ccccc2)C(N)=O)cc1. The third kappa shape index (κ3) is 9.07. The minimum atomic E-state index is -1.50. The average Bonchev–Trinajstić information content (AvgIpc) is 2.96. The molecule has 0 aliphatic rings. The van der Waals surface area contributed by atoms with Crippen LogP contribution >= 0.6 is 12.6 Å². The molecule has 3 aromatic rings. The number of amides is 3. The van der Waals surface area contributed by atoms with Crippen LogP contribution in [0.5, 0.6) is 11.5 Å². The number of primary amides is 1. The van der Waals surface area contributed by atoms with Crippen molar-refractivity contribution in [2.45, 2.75) is 30.6 Å². The van der Waals surface area contributed by atoms with Gasteiger partial charge in [-0.1, -0.05) is 54.6 Å². The lowest BCUT2D eigenvalue weighted by atomic mass is 10.1. The number of rotatable bonds is 14. The van der Waals surface area contributed by atoms with Crippen LogP contribution in [0.3, 0.4) is 0 Å². The number of nitrogens with zero attached hydrogens (tertiary/aromatic N) is 1. The van der Waals surface area contributed by atoms with Crippen molar-refractivity contribution >= 4 is 30.4 Å². The Hall–Kier alpha value is -3.98. The summed E-state index contributed by atoms with van der Waals surface area (Å²) in [6.07, 6.45) is 1.43. The second kappa shape index (κ2) is 14.8. The molecule has 3 aromatic carbocycles. The molecule has 0 radical (unpaired) electrons. The summed E-state index contributed by atoms with van der Waals surface area (Å²) in [5.74, 6) is -0.547. The molecule has 0 aliphatic carbocycles. The van der Waals surface area contributed by atoms with Crippen molar-refractivity contribution in [2.24, 2.45) is 5.73 Å². The van der Waals surface area contributed by atoms with Crippen molar-refractivity contribution < 1.29 is 23.9 Å². The molecule has 3 rings (SSSR count). The van der Waals surface area contributed by atoms with Crippen molar-refractivity contribution in [2.75, 3.05) is 27.3 Å². The number of benzene rings is 3. The predicted octanol–water partition coefficient (Wildman–Crippen LogP) is 2.83. The number of hydrogen-bond acceptors (Lipinski definition) is 6. The van der Waals surface area contributed by atoms with Crippen LogP contribution in [-0.2, 0) is 33.6 Å². The van der Waals surface area contributed by atoms with Crippen molar-refractivity contribution in [3.05, 3.63) is 95.6 Å². The molecule has 3 N–H and O–H groups in total. The van der Waals surface area contributed by atoms with Gasteiger partial charge in [0.25, 0.3) is 5.91 Å². The molecule has 39 heavy (non-hydrogen) atoms. The molecule has 0 heterocycles. The van der Waals surface area contributed by atoms with E-state index in [1.807, 2.05) is 78.9 Å². The van der Waals surface area contributed by atoms with Gasteiger partial charge in [0.1, 0.15) is 11.5 Å². The zero-order valence-corrected chi connectivity index (χ0v) is 23.1. The number of nitrogens with one attached hydrogen (secondary N) is 1. The molecular weight excluding hydrogens is 514 g/mol. The quantitative estimate of drug-likeness (QED) is 0.212. The first-order valence-electron chi connectivity index (χ1n) is 12.7. The molecule has 0 aliphatic heterocycles. The van der Waals surface area contributed by atoms with Gasteiger partial charge in [-0.3, -0.25) is 14.4 Å². The van der Waals surface area contributed by atoms with Crippen LogP contribution in [0.2, 0.25) is 0 Å². The second-order valence-electron chi connectivity index (χ2n) is 9.07. The molecule has 0 saturated carbocycles. The Morgan fingerprint density at radius 1 is 0.795 bits per heavy atom. The molecule has 1 unspecified atom stereocenters. The number of ether oxygens (including phenoxy) is 2. The molecule has 0 bridgehead atoms. The fraction of sp³-hybridized carbons (Fsp3) is 0.300. The maximum atomic E-state index is 13.6. The lowest BCUT2D eigenvalue weighted by Gasteiger charge is -2.27. The van der Waals surface area contributed by atoms with Gasteiger partial charge in [-0.05, 0) is 60.2 Å². The Balaban J connectivity index is 1.73. The second-order valence-corrected chi connectivity index (χ2v) is 9.69. The van der Waals surface area contributed by atoms with E-state index < -0.39 is 29.0 Å². The standard InChI is InChI=1S/C30H35N3O5S/c1-37-24-12-8-21(9-13-24)16-18-33(19-17-22-10-14-25(38-2)15-11-22)30(36)27(28(31)34)32-29(35)26(39)20-23-6-4-3-5-7-23/h3-15,26-27,39H,16-20H2,1-2H3,(H2,31,34)(H,32,35)/t26-,27?/m0/s1. The third-order valence-corrected chi connectivity index (χ3v) is 6.78. The van der Waals surface area contributed by atoms with Crippen LogP contribution < -0.4 is 20.5 Å². The highest BCUT2D eigenvalue weighted by molar-refractivity contribution is 7.81. The lowest BCUT2D eigenvalue weighted by molar-refractivity contribution is -0.141. The Labute approximate surface area is 234 Å². The van der Waals surface area contributed by atoms with E-state index in [4.69, 9.17) is 15.2 Å². The number of carbonyl (C=O) groups excluding carboxylic acids is 3. The minimum Gasteiger partial charge on any atom is -0.497 e. The zero-order chi connectivity index (χ0) is 28.2. The number of hydrogen-bond donors (Lipinski definition) is 3. The van der Waals surface area contributed by atoms with Crippen LogP contribution in [-0.4, -0.2) is 61.2 Å². The third-order valence-electron chi connectivity index (χ3n) is 6.36. The smallest absolute Gasteiger partial charge is 0.254 e. The first kappa shape index (κ1) is 29.6. The van der Waals surface area contributed by atoms with Crippen LogP contribution in [0.25, 0.3) is 0 Å². The Morgan fingerprint density at radius 2 is 1.28 bits per heavy atom. The molecule has 2 atom stereocenters. The number of carbonyl (C=O) groups is 3. The largest absolute Gasteiger partial charge is 0.497 e. The predicted molar refractivity (Wildman–Crippen MR) is 154 cm³/mol. The maximum Gasteiger partial charge on any atom is 0.254 e. The summed E-state index contributed by atoms with van der Waals surface area (Å²) in [5, 5.41) is 1.77. The molecule has 0 spiro atoms. The van der Waals surface area contributed by atoms with Gasteiger partial charge in [0.2, 0.25) is 11.8 Å². The van der Waals surface area contributed by atoms with Crippen molar-refractivity contribution in [1.82, 2.24) is 10.2 Å². The first-order valence-corrected chi connectivity index (χ1v) is 13.2. The molecule has 206 valence electrons. The van der Waals surface area contributed by atoms with Gasteiger partial charge < -0.3 is 25.4 Å². The molecular formula is C30H35N3O5S. The van der Waals surface area contributed by atoms with Crippen LogP contribution in [0.4, 0.5) is 0 Å².